The van der Waals surface area contributed by atoms with E-state index in [9.17, 15) is 4.79 Å². The molecule has 0 aliphatic heterocycles. The Labute approximate surface area is 79.1 Å². The second kappa shape index (κ2) is 4.06. The van der Waals surface area contributed by atoms with E-state index < -0.39 is 0 Å². The van der Waals surface area contributed by atoms with Crippen LogP contribution in [-0.2, 0) is 4.79 Å². The van der Waals surface area contributed by atoms with Gasteiger partial charge in [0.1, 0.15) is 5.94 Å². The molecule has 1 aromatic carbocycles. The minimum Gasteiger partial charge on any atom is -0.233 e. The molecule has 0 amide bonds. The summed E-state index contributed by atoms with van der Waals surface area (Å²) in [6, 6.07) is 8.05. The fraction of sp³-hybridized carbons (Fsp3) is 0.333. The van der Waals surface area contributed by atoms with Gasteiger partial charge in [0.15, 0.2) is 0 Å². The van der Waals surface area contributed by atoms with E-state index in [2.05, 4.69) is 26.0 Å². The lowest BCUT2D eigenvalue weighted by Gasteiger charge is -2.05. The molecule has 1 heteroatoms. The van der Waals surface area contributed by atoms with Crippen LogP contribution in [0.1, 0.15) is 37.8 Å². The first-order chi connectivity index (χ1) is 6.15. The van der Waals surface area contributed by atoms with Crippen LogP contribution in [0.3, 0.4) is 0 Å². The van der Waals surface area contributed by atoms with E-state index in [1.54, 1.807) is 6.92 Å². The molecule has 0 radical (unpaired) electrons. The third kappa shape index (κ3) is 2.30. The van der Waals surface area contributed by atoms with Crippen molar-refractivity contribution in [2.24, 2.45) is 0 Å². The second-order valence-electron chi connectivity index (χ2n) is 3.50. The van der Waals surface area contributed by atoms with E-state index in [4.69, 9.17) is 0 Å². The fourth-order valence-corrected chi connectivity index (χ4v) is 1.18. The summed E-state index contributed by atoms with van der Waals surface area (Å²) in [6.45, 7) is 6.08. The van der Waals surface area contributed by atoms with E-state index in [0.717, 1.165) is 5.56 Å². The monoisotopic (exact) mass is 174 g/mol. The molecule has 0 atom stereocenters. The van der Waals surface area contributed by atoms with Crippen LogP contribution in [-0.4, -0.2) is 5.94 Å². The van der Waals surface area contributed by atoms with Crippen LogP contribution in [0.5, 0.6) is 0 Å². The van der Waals surface area contributed by atoms with Gasteiger partial charge in [-0.1, -0.05) is 38.1 Å². The Balaban J connectivity index is 3.00. The smallest absolute Gasteiger partial charge is 0.128 e. The molecule has 0 aliphatic rings. The SMILES string of the molecule is CC(=C=O)c1ccc(C(C)C)cc1. The Hall–Kier alpha value is -1.33. The summed E-state index contributed by atoms with van der Waals surface area (Å²) in [5.41, 5.74) is 2.91. The minimum absolute atomic E-state index is 0.537. The first-order valence-electron chi connectivity index (χ1n) is 4.47. The van der Waals surface area contributed by atoms with Crippen molar-refractivity contribution in [3.63, 3.8) is 0 Å². The largest absolute Gasteiger partial charge is 0.233 e. The summed E-state index contributed by atoms with van der Waals surface area (Å²) in [7, 11) is 0. The van der Waals surface area contributed by atoms with Gasteiger partial charge in [0, 0.05) is 5.57 Å². The standard InChI is InChI=1S/C12H14O/c1-9(2)11-4-6-12(7-5-11)10(3)8-13/h4-7,9H,1-3H3. The summed E-state index contributed by atoms with van der Waals surface area (Å²) in [5, 5.41) is 0. The Morgan fingerprint density at radius 2 is 1.77 bits per heavy atom. The molecule has 0 bridgehead atoms. The average molecular weight is 174 g/mol. The van der Waals surface area contributed by atoms with Gasteiger partial charge in [-0.2, -0.15) is 0 Å². The zero-order valence-corrected chi connectivity index (χ0v) is 8.29. The zero-order valence-electron chi connectivity index (χ0n) is 8.29. The summed E-state index contributed by atoms with van der Waals surface area (Å²) in [4.78, 5) is 10.4. The molecule has 0 heterocycles. The number of rotatable bonds is 2. The summed E-state index contributed by atoms with van der Waals surface area (Å²) in [6.07, 6.45) is 0. The predicted molar refractivity (Wildman–Crippen MR) is 55.3 cm³/mol. The van der Waals surface area contributed by atoms with Gasteiger partial charge in [0.2, 0.25) is 0 Å². The van der Waals surface area contributed by atoms with E-state index in [1.165, 1.54) is 5.56 Å². The average Bonchev–Trinajstić information content (AvgIpc) is 2.17. The normalized spacial score (nSPS) is 9.85. The van der Waals surface area contributed by atoms with E-state index in [1.807, 2.05) is 18.1 Å². The maximum absolute atomic E-state index is 10.4. The molecule has 0 saturated carbocycles. The van der Waals surface area contributed by atoms with Crippen LogP contribution < -0.4 is 0 Å². The number of benzene rings is 1. The lowest BCUT2D eigenvalue weighted by atomic mass is 10.00. The molecule has 0 aromatic heterocycles. The molecule has 1 nitrogen and oxygen atoms in total. The molecule has 0 fully saturated rings. The van der Waals surface area contributed by atoms with E-state index in [-0.39, 0.29) is 0 Å². The van der Waals surface area contributed by atoms with Gasteiger partial charge in [-0.15, -0.1) is 0 Å². The number of hydrogen-bond donors (Lipinski definition) is 0. The highest BCUT2D eigenvalue weighted by atomic mass is 16.1. The topological polar surface area (TPSA) is 17.1 Å². The van der Waals surface area contributed by atoms with Crippen molar-refractivity contribution < 1.29 is 4.79 Å². The predicted octanol–water partition coefficient (Wildman–Crippen LogP) is 3.04. The van der Waals surface area contributed by atoms with Gasteiger partial charge < -0.3 is 0 Å². The van der Waals surface area contributed by atoms with Gasteiger partial charge in [-0.3, -0.25) is 0 Å². The van der Waals surface area contributed by atoms with Gasteiger partial charge in [-0.25, -0.2) is 4.79 Å². The summed E-state index contributed by atoms with van der Waals surface area (Å²) in [5.74, 6) is 2.43. The van der Waals surface area contributed by atoms with Crippen molar-refractivity contribution in [2.75, 3.05) is 0 Å². The van der Waals surface area contributed by atoms with Crippen molar-refractivity contribution in [2.45, 2.75) is 26.7 Å². The van der Waals surface area contributed by atoms with Gasteiger partial charge in [-0.05, 0) is 24.0 Å². The first-order valence-corrected chi connectivity index (χ1v) is 4.47. The third-order valence-corrected chi connectivity index (χ3v) is 2.16. The molecule has 68 valence electrons. The van der Waals surface area contributed by atoms with Crippen molar-refractivity contribution in [1.82, 2.24) is 0 Å². The Morgan fingerprint density at radius 1 is 1.23 bits per heavy atom. The second-order valence-corrected chi connectivity index (χ2v) is 3.50. The maximum Gasteiger partial charge on any atom is 0.128 e. The first kappa shape index (κ1) is 9.76. The van der Waals surface area contributed by atoms with Crippen LogP contribution in [0.4, 0.5) is 0 Å². The number of hydrogen-bond acceptors (Lipinski definition) is 1. The van der Waals surface area contributed by atoms with E-state index in [0.29, 0.717) is 11.5 Å². The van der Waals surface area contributed by atoms with E-state index >= 15 is 0 Å². The molecule has 1 rings (SSSR count). The van der Waals surface area contributed by atoms with Crippen LogP contribution in [0.15, 0.2) is 24.3 Å². The Kier molecular flexibility index (Phi) is 3.05. The molecule has 13 heavy (non-hydrogen) atoms. The van der Waals surface area contributed by atoms with Crippen molar-refractivity contribution in [3.8, 4) is 0 Å². The van der Waals surface area contributed by atoms with Crippen molar-refractivity contribution in [1.29, 1.82) is 0 Å². The fourth-order valence-electron chi connectivity index (χ4n) is 1.18. The highest BCUT2D eigenvalue weighted by Gasteiger charge is 1.99. The highest BCUT2D eigenvalue weighted by molar-refractivity contribution is 5.86. The molecular formula is C12H14O. The maximum atomic E-state index is 10.4. The molecule has 0 spiro atoms. The quantitative estimate of drug-likeness (QED) is 0.630. The Morgan fingerprint density at radius 3 is 2.15 bits per heavy atom. The lowest BCUT2D eigenvalue weighted by molar-refractivity contribution is 0.569. The van der Waals surface area contributed by atoms with Crippen LogP contribution in [0.25, 0.3) is 5.57 Å². The van der Waals surface area contributed by atoms with Crippen LogP contribution in [0.2, 0.25) is 0 Å². The third-order valence-electron chi connectivity index (χ3n) is 2.16. The summed E-state index contributed by atoms with van der Waals surface area (Å²) >= 11 is 0. The van der Waals surface area contributed by atoms with Gasteiger partial charge in [0.05, 0.1) is 0 Å². The molecule has 0 N–H and O–H groups in total. The van der Waals surface area contributed by atoms with Crippen LogP contribution >= 0.6 is 0 Å². The van der Waals surface area contributed by atoms with Crippen LogP contribution in [0, 0.1) is 0 Å². The molecular weight excluding hydrogens is 160 g/mol. The van der Waals surface area contributed by atoms with Gasteiger partial charge >= 0.3 is 0 Å². The summed E-state index contributed by atoms with van der Waals surface area (Å²) < 4.78 is 0. The highest BCUT2D eigenvalue weighted by Crippen LogP contribution is 2.17. The molecule has 0 saturated heterocycles. The van der Waals surface area contributed by atoms with Crippen molar-refractivity contribution in [3.05, 3.63) is 35.4 Å². The molecule has 1 aromatic rings. The lowest BCUT2D eigenvalue weighted by Crippen LogP contribution is -1.87. The number of allylic oxidation sites excluding steroid dienone is 1. The number of carbonyl (C=O) groups excluding carboxylic acids is 1. The Bertz CT molecular complexity index is 327. The zero-order chi connectivity index (χ0) is 9.84. The van der Waals surface area contributed by atoms with Crippen molar-refractivity contribution >= 4 is 11.5 Å². The molecule has 0 aliphatic carbocycles. The van der Waals surface area contributed by atoms with Gasteiger partial charge in [0.25, 0.3) is 0 Å². The minimum atomic E-state index is 0.537. The molecule has 0 unspecified atom stereocenters.